The Bertz CT molecular complexity index is 597. The van der Waals surface area contributed by atoms with E-state index >= 15 is 0 Å². The molecule has 0 heterocycles. The van der Waals surface area contributed by atoms with Gasteiger partial charge in [-0.1, -0.05) is 19.3 Å². The first-order chi connectivity index (χ1) is 11.6. The van der Waals surface area contributed by atoms with Crippen molar-refractivity contribution in [3.05, 3.63) is 17.7 Å². The lowest BCUT2D eigenvalue weighted by molar-refractivity contribution is -0.126. The summed E-state index contributed by atoms with van der Waals surface area (Å²) in [6.45, 7) is 0. The quantitative estimate of drug-likeness (QED) is 0.804. The molecule has 0 spiro atoms. The second-order valence-corrected chi connectivity index (χ2v) is 5.69. The molecule has 0 bridgehead atoms. The molecule has 2 amide bonds. The lowest BCUT2D eigenvalue weighted by Crippen LogP contribution is -2.45. The summed E-state index contributed by atoms with van der Waals surface area (Å²) in [5, 5.41) is 0. The summed E-state index contributed by atoms with van der Waals surface area (Å²) in [6.07, 6.45) is 4.99. The van der Waals surface area contributed by atoms with E-state index in [1.54, 1.807) is 6.07 Å². The summed E-state index contributed by atoms with van der Waals surface area (Å²) < 4.78 is 15.6. The molecule has 0 atom stereocenters. The van der Waals surface area contributed by atoms with Crippen LogP contribution in [0.15, 0.2) is 12.1 Å². The fraction of sp³-hybridized carbons (Fsp3) is 0.529. The van der Waals surface area contributed by atoms with Gasteiger partial charge in [-0.25, -0.2) is 0 Å². The van der Waals surface area contributed by atoms with E-state index in [0.717, 1.165) is 25.7 Å². The number of hydrogen-bond acceptors (Lipinski definition) is 5. The summed E-state index contributed by atoms with van der Waals surface area (Å²) in [6, 6.07) is 3.08. The molecule has 0 unspecified atom stereocenters. The van der Waals surface area contributed by atoms with Crippen molar-refractivity contribution < 1.29 is 23.8 Å². The van der Waals surface area contributed by atoms with Crippen LogP contribution in [0.25, 0.3) is 0 Å². The normalized spacial score (nSPS) is 14.6. The molecule has 1 saturated carbocycles. The molecular formula is C17H24N2O5. The summed E-state index contributed by atoms with van der Waals surface area (Å²) in [4.78, 5) is 24.5. The summed E-state index contributed by atoms with van der Waals surface area (Å²) in [5.74, 6) is 0.530. The van der Waals surface area contributed by atoms with Crippen LogP contribution in [0.2, 0.25) is 0 Å². The zero-order valence-electron chi connectivity index (χ0n) is 14.3. The number of carbonyl (C=O) groups excluding carboxylic acids is 2. The van der Waals surface area contributed by atoms with E-state index in [-0.39, 0.29) is 17.4 Å². The summed E-state index contributed by atoms with van der Waals surface area (Å²) in [7, 11) is 4.44. The predicted molar refractivity (Wildman–Crippen MR) is 88.3 cm³/mol. The minimum atomic E-state index is -0.475. The molecule has 7 heteroatoms. The maximum absolute atomic E-state index is 12.4. The molecule has 0 aliphatic heterocycles. The van der Waals surface area contributed by atoms with Gasteiger partial charge < -0.3 is 14.2 Å². The Labute approximate surface area is 141 Å². The van der Waals surface area contributed by atoms with E-state index in [0.29, 0.717) is 17.2 Å². The number of ether oxygens (including phenoxy) is 3. The molecule has 0 saturated heterocycles. The van der Waals surface area contributed by atoms with Crippen molar-refractivity contribution in [3.8, 4) is 17.2 Å². The molecule has 1 fully saturated rings. The molecule has 24 heavy (non-hydrogen) atoms. The van der Waals surface area contributed by atoms with Crippen molar-refractivity contribution in [3.63, 3.8) is 0 Å². The Hall–Kier alpha value is -2.44. The van der Waals surface area contributed by atoms with Crippen molar-refractivity contribution in [2.24, 2.45) is 5.92 Å². The van der Waals surface area contributed by atoms with Crippen molar-refractivity contribution >= 4 is 11.8 Å². The summed E-state index contributed by atoms with van der Waals surface area (Å²) >= 11 is 0. The summed E-state index contributed by atoms with van der Waals surface area (Å²) in [5.41, 5.74) is 5.20. The van der Waals surface area contributed by atoms with E-state index in [9.17, 15) is 9.59 Å². The number of methoxy groups -OCH3 is 3. The second-order valence-electron chi connectivity index (χ2n) is 5.69. The van der Waals surface area contributed by atoms with Crippen LogP contribution in [0.1, 0.15) is 42.5 Å². The molecule has 132 valence electrons. The number of nitrogens with one attached hydrogen (secondary N) is 2. The standard InChI is InChI=1S/C17H24N2O5/c1-22-13-10-15(24-3)14(23-2)9-12(13)17(21)19-18-16(20)11-7-5-4-6-8-11/h9-11H,4-8H2,1-3H3,(H,18,20)(H,19,21). The highest BCUT2D eigenvalue weighted by atomic mass is 16.5. The van der Waals surface area contributed by atoms with Crippen molar-refractivity contribution in [1.82, 2.24) is 10.9 Å². The Kier molecular flexibility index (Phi) is 6.28. The second kappa shape index (κ2) is 8.42. The molecule has 0 aromatic heterocycles. The Morgan fingerprint density at radius 3 is 2.04 bits per heavy atom. The third kappa shape index (κ3) is 4.10. The third-order valence-corrected chi connectivity index (χ3v) is 4.23. The average molecular weight is 336 g/mol. The largest absolute Gasteiger partial charge is 0.496 e. The van der Waals surface area contributed by atoms with Gasteiger partial charge in [0.2, 0.25) is 5.91 Å². The molecule has 7 nitrogen and oxygen atoms in total. The van der Waals surface area contributed by atoms with Gasteiger partial charge in [0.25, 0.3) is 5.91 Å². The fourth-order valence-electron chi connectivity index (χ4n) is 2.86. The zero-order chi connectivity index (χ0) is 17.5. The molecule has 1 aliphatic rings. The van der Waals surface area contributed by atoms with Gasteiger partial charge in [0, 0.05) is 18.1 Å². The van der Waals surface area contributed by atoms with E-state index in [2.05, 4.69) is 10.9 Å². The maximum atomic E-state index is 12.4. The maximum Gasteiger partial charge on any atom is 0.273 e. The van der Waals surface area contributed by atoms with Crippen molar-refractivity contribution in [1.29, 1.82) is 0 Å². The molecule has 2 N–H and O–H groups in total. The number of benzene rings is 1. The predicted octanol–water partition coefficient (Wildman–Crippen LogP) is 2.05. The van der Waals surface area contributed by atoms with Crippen LogP contribution in [0.3, 0.4) is 0 Å². The van der Waals surface area contributed by atoms with E-state index in [1.807, 2.05) is 0 Å². The molecular weight excluding hydrogens is 312 g/mol. The Morgan fingerprint density at radius 1 is 0.875 bits per heavy atom. The lowest BCUT2D eigenvalue weighted by Gasteiger charge is -2.21. The van der Waals surface area contributed by atoms with Gasteiger partial charge in [0.05, 0.1) is 26.9 Å². The smallest absolute Gasteiger partial charge is 0.273 e. The van der Waals surface area contributed by atoms with Crippen LogP contribution < -0.4 is 25.1 Å². The topological polar surface area (TPSA) is 85.9 Å². The SMILES string of the molecule is COc1cc(OC)c(C(=O)NNC(=O)C2CCCCC2)cc1OC. The van der Waals surface area contributed by atoms with Gasteiger partial charge in [-0.3, -0.25) is 20.4 Å². The van der Waals surface area contributed by atoms with Crippen LogP contribution >= 0.6 is 0 Å². The monoisotopic (exact) mass is 336 g/mol. The number of hydrazine groups is 1. The number of amides is 2. The first kappa shape index (κ1) is 17.9. The first-order valence-electron chi connectivity index (χ1n) is 8.01. The molecule has 1 aromatic rings. The van der Waals surface area contributed by atoms with Gasteiger partial charge in [0.1, 0.15) is 5.75 Å². The lowest BCUT2D eigenvalue weighted by atomic mass is 9.89. The molecule has 1 aliphatic carbocycles. The van der Waals surface area contributed by atoms with Crippen molar-refractivity contribution in [2.45, 2.75) is 32.1 Å². The molecule has 0 radical (unpaired) electrons. The average Bonchev–Trinajstić information content (AvgIpc) is 2.65. The first-order valence-corrected chi connectivity index (χ1v) is 8.01. The Balaban J connectivity index is 2.06. The van der Waals surface area contributed by atoms with Crippen LogP contribution in [0.5, 0.6) is 17.2 Å². The highest BCUT2D eigenvalue weighted by molar-refractivity contribution is 5.98. The molecule has 2 rings (SSSR count). The fourth-order valence-corrected chi connectivity index (χ4v) is 2.86. The third-order valence-electron chi connectivity index (χ3n) is 4.23. The van der Waals surface area contributed by atoms with Gasteiger partial charge in [0.15, 0.2) is 11.5 Å². The Morgan fingerprint density at radius 2 is 1.46 bits per heavy atom. The molecule has 1 aromatic carbocycles. The number of hydrogen-bond donors (Lipinski definition) is 2. The minimum absolute atomic E-state index is 0.0358. The number of rotatable bonds is 5. The van der Waals surface area contributed by atoms with E-state index in [1.165, 1.54) is 33.8 Å². The number of carbonyl (C=O) groups is 2. The van der Waals surface area contributed by atoms with Crippen LogP contribution in [-0.4, -0.2) is 33.1 Å². The van der Waals surface area contributed by atoms with Crippen LogP contribution in [-0.2, 0) is 4.79 Å². The zero-order valence-corrected chi connectivity index (χ0v) is 14.3. The van der Waals surface area contributed by atoms with Gasteiger partial charge in [-0.15, -0.1) is 0 Å². The highest BCUT2D eigenvalue weighted by Gasteiger charge is 2.23. The van der Waals surface area contributed by atoms with Gasteiger partial charge >= 0.3 is 0 Å². The minimum Gasteiger partial charge on any atom is -0.496 e. The van der Waals surface area contributed by atoms with Crippen LogP contribution in [0.4, 0.5) is 0 Å². The highest BCUT2D eigenvalue weighted by Crippen LogP contribution is 2.34. The van der Waals surface area contributed by atoms with E-state index in [4.69, 9.17) is 14.2 Å². The van der Waals surface area contributed by atoms with Gasteiger partial charge in [-0.05, 0) is 12.8 Å². The van der Waals surface area contributed by atoms with E-state index < -0.39 is 5.91 Å². The van der Waals surface area contributed by atoms with Crippen LogP contribution in [0, 0.1) is 5.92 Å². The van der Waals surface area contributed by atoms with Gasteiger partial charge in [-0.2, -0.15) is 0 Å². The van der Waals surface area contributed by atoms with Crippen molar-refractivity contribution in [2.75, 3.05) is 21.3 Å².